The number of benzene rings is 2. The van der Waals surface area contributed by atoms with E-state index in [1.807, 2.05) is 31.2 Å². The normalized spacial score (nSPS) is 13.1. The minimum Gasteiger partial charge on any atom is -0.494 e. The Hall–Kier alpha value is -4.29. The fraction of sp³-hybridized carbons (Fsp3) is 0.241. The molecule has 2 heterocycles. The highest BCUT2D eigenvalue weighted by Crippen LogP contribution is 2.35. The van der Waals surface area contributed by atoms with Crippen molar-refractivity contribution in [2.75, 3.05) is 12.4 Å². The predicted molar refractivity (Wildman–Crippen MR) is 163 cm³/mol. The molecule has 5 rings (SSSR count). The van der Waals surface area contributed by atoms with Gasteiger partial charge in [0, 0.05) is 17.2 Å². The van der Waals surface area contributed by atoms with Gasteiger partial charge in [0.05, 0.1) is 33.9 Å². The Bertz CT molecular complexity index is 1710. The second-order valence-corrected chi connectivity index (χ2v) is 11.2. The maximum atomic E-state index is 13.9. The summed E-state index contributed by atoms with van der Waals surface area (Å²) in [6.45, 7) is 2.44. The molecule has 0 saturated heterocycles. The fourth-order valence-electron chi connectivity index (χ4n) is 4.63. The molecule has 0 fully saturated rings. The van der Waals surface area contributed by atoms with Crippen molar-refractivity contribution in [1.29, 1.82) is 0 Å². The molecule has 4 aromatic rings. The Kier molecular flexibility index (Phi) is 8.90. The average Bonchev–Trinajstić information content (AvgIpc) is 3.35. The number of thiophene rings is 1. The van der Waals surface area contributed by atoms with Crippen molar-refractivity contribution in [2.24, 2.45) is 5.10 Å². The predicted octanol–water partition coefficient (Wildman–Crippen LogP) is 5.54. The maximum absolute atomic E-state index is 13.9. The summed E-state index contributed by atoms with van der Waals surface area (Å²) in [5.74, 6) is 0.294. The van der Waals surface area contributed by atoms with Crippen molar-refractivity contribution >= 4 is 57.2 Å². The molecule has 2 aromatic carbocycles. The molecule has 41 heavy (non-hydrogen) atoms. The molecule has 0 spiro atoms. The first kappa shape index (κ1) is 28.2. The van der Waals surface area contributed by atoms with E-state index >= 15 is 0 Å². The quantitative estimate of drug-likeness (QED) is 0.0845. The van der Waals surface area contributed by atoms with Gasteiger partial charge in [-0.15, -0.1) is 11.3 Å². The second-order valence-electron chi connectivity index (χ2n) is 9.13. The van der Waals surface area contributed by atoms with Crippen molar-refractivity contribution in [3.8, 4) is 11.4 Å². The molecule has 12 heteroatoms. The van der Waals surface area contributed by atoms with Gasteiger partial charge in [0.2, 0.25) is 0 Å². The van der Waals surface area contributed by atoms with Crippen molar-refractivity contribution in [3.63, 3.8) is 0 Å². The molecule has 0 saturated carbocycles. The van der Waals surface area contributed by atoms with Crippen LogP contribution in [0.1, 0.15) is 35.8 Å². The minimum absolute atomic E-state index is 0.0211. The third-order valence-corrected chi connectivity index (χ3v) is 8.58. The molecule has 2 aromatic heterocycles. The Morgan fingerprint density at radius 2 is 2.00 bits per heavy atom. The van der Waals surface area contributed by atoms with Gasteiger partial charge >= 0.3 is 0 Å². The van der Waals surface area contributed by atoms with Crippen LogP contribution in [0.15, 0.2) is 69.7 Å². The van der Waals surface area contributed by atoms with Crippen LogP contribution < -0.4 is 15.7 Å². The Morgan fingerprint density at radius 3 is 2.78 bits per heavy atom. The van der Waals surface area contributed by atoms with Crippen LogP contribution >= 0.6 is 23.1 Å². The van der Waals surface area contributed by atoms with Crippen LogP contribution in [0.3, 0.4) is 0 Å². The van der Waals surface area contributed by atoms with Gasteiger partial charge in [-0.2, -0.15) is 5.10 Å². The number of nitrogens with zero attached hydrogens (tertiary/aromatic N) is 4. The first-order valence-corrected chi connectivity index (χ1v) is 14.9. The van der Waals surface area contributed by atoms with Crippen molar-refractivity contribution in [3.05, 3.63) is 91.1 Å². The monoisotopic (exact) mass is 589 g/mol. The molecular weight excluding hydrogens is 562 g/mol. The van der Waals surface area contributed by atoms with Gasteiger partial charge in [0.15, 0.2) is 5.16 Å². The van der Waals surface area contributed by atoms with Gasteiger partial charge in [0.25, 0.3) is 17.2 Å². The second kappa shape index (κ2) is 12.9. The molecule has 1 amide bonds. The minimum atomic E-state index is -0.459. The Labute approximate surface area is 243 Å². The van der Waals surface area contributed by atoms with Crippen molar-refractivity contribution in [2.45, 2.75) is 37.8 Å². The number of hydrogen-bond acceptors (Lipinski definition) is 9. The number of allylic oxidation sites excluding steroid dienone is 1. The van der Waals surface area contributed by atoms with Crippen LogP contribution in [-0.4, -0.2) is 39.0 Å². The number of hydrazone groups is 1. The zero-order valence-corrected chi connectivity index (χ0v) is 23.9. The lowest BCUT2D eigenvalue weighted by Crippen LogP contribution is -2.24. The summed E-state index contributed by atoms with van der Waals surface area (Å²) in [4.78, 5) is 43.9. The average molecular weight is 590 g/mol. The van der Waals surface area contributed by atoms with Crippen LogP contribution in [0.4, 0.5) is 5.69 Å². The summed E-state index contributed by atoms with van der Waals surface area (Å²) in [6, 6.07) is 13.6. The summed E-state index contributed by atoms with van der Waals surface area (Å²) < 4.78 is 7.12. The molecule has 0 unspecified atom stereocenters. The maximum Gasteiger partial charge on any atom is 0.276 e. The number of hydrogen-bond donors (Lipinski definition) is 1. The van der Waals surface area contributed by atoms with Gasteiger partial charge in [-0.1, -0.05) is 23.9 Å². The summed E-state index contributed by atoms with van der Waals surface area (Å²) >= 11 is 2.72. The number of nitro benzene ring substituents is 1. The first-order chi connectivity index (χ1) is 20.0. The molecule has 0 aliphatic heterocycles. The van der Waals surface area contributed by atoms with Crippen molar-refractivity contribution < 1.29 is 14.5 Å². The fourth-order valence-corrected chi connectivity index (χ4v) is 6.73. The van der Waals surface area contributed by atoms with Gasteiger partial charge in [-0.25, -0.2) is 10.4 Å². The van der Waals surface area contributed by atoms with Crippen molar-refractivity contribution in [1.82, 2.24) is 15.0 Å². The van der Waals surface area contributed by atoms with Gasteiger partial charge in [0.1, 0.15) is 10.6 Å². The van der Waals surface area contributed by atoms with Crippen LogP contribution in [0.25, 0.3) is 22.0 Å². The summed E-state index contributed by atoms with van der Waals surface area (Å²) in [5.41, 5.74) is 4.46. The lowest BCUT2D eigenvalue weighted by molar-refractivity contribution is -0.385. The summed E-state index contributed by atoms with van der Waals surface area (Å²) in [5, 5.41) is 16.1. The number of carbonyl (C=O) groups excluding carboxylic acids is 1. The Balaban J connectivity index is 1.35. The number of thioether (sulfide) groups is 1. The molecule has 0 bridgehead atoms. The highest BCUT2D eigenvalue weighted by atomic mass is 32.2. The molecule has 10 nitrogen and oxygen atoms in total. The number of carbonyl (C=O) groups is 1. The van der Waals surface area contributed by atoms with E-state index in [4.69, 9.17) is 9.72 Å². The van der Waals surface area contributed by atoms with Gasteiger partial charge < -0.3 is 4.74 Å². The number of fused-ring (bicyclic) bond motifs is 3. The van der Waals surface area contributed by atoms with Crippen LogP contribution in [-0.2, 0) is 17.6 Å². The van der Waals surface area contributed by atoms with Crippen LogP contribution in [0.2, 0.25) is 0 Å². The SMILES string of the molecule is CCOc1ccc(-n2c(SCC(=O)NN=CC=Cc3ccccc3[N+](=O)[O-])nc3sc4c(c3c2=O)CCCC4)cc1. The largest absolute Gasteiger partial charge is 0.494 e. The van der Waals surface area contributed by atoms with E-state index in [0.717, 1.165) is 43.0 Å². The van der Waals surface area contributed by atoms with Gasteiger partial charge in [-0.05, 0) is 80.7 Å². The molecule has 0 radical (unpaired) electrons. The number of para-hydroxylation sites is 1. The number of amides is 1. The zero-order chi connectivity index (χ0) is 28.8. The highest BCUT2D eigenvalue weighted by molar-refractivity contribution is 7.99. The van der Waals surface area contributed by atoms with Gasteiger partial charge in [-0.3, -0.25) is 24.3 Å². The standard InChI is InChI=1S/C29H27N5O5S2/c1-2-39-21-15-13-20(14-16-21)33-28(36)26-22-10-4-6-12-24(22)41-27(26)31-29(33)40-18-25(35)32-30-17-7-9-19-8-3-5-11-23(19)34(37)38/h3,5,7-9,11,13-17H,2,4,6,10,12,18H2,1H3,(H,32,35). The van der Waals surface area contributed by atoms with E-state index in [9.17, 15) is 19.7 Å². The highest BCUT2D eigenvalue weighted by Gasteiger charge is 2.23. The van der Waals surface area contributed by atoms with E-state index in [1.54, 1.807) is 34.1 Å². The first-order valence-electron chi connectivity index (χ1n) is 13.1. The number of aryl methyl sites for hydroxylation is 2. The molecule has 210 valence electrons. The molecule has 1 aliphatic rings. The third kappa shape index (κ3) is 6.39. The number of nitrogens with one attached hydrogen (secondary N) is 1. The van der Waals surface area contributed by atoms with E-state index in [0.29, 0.717) is 39.0 Å². The van der Waals surface area contributed by atoms with E-state index in [2.05, 4.69) is 10.5 Å². The third-order valence-electron chi connectivity index (χ3n) is 6.46. The topological polar surface area (TPSA) is 129 Å². The molecule has 1 aliphatic carbocycles. The number of nitro groups is 1. The zero-order valence-electron chi connectivity index (χ0n) is 22.2. The lowest BCUT2D eigenvalue weighted by atomic mass is 9.97. The van der Waals surface area contributed by atoms with Crippen LogP contribution in [0.5, 0.6) is 5.75 Å². The summed E-state index contributed by atoms with van der Waals surface area (Å²) in [6.07, 6.45) is 8.37. The summed E-state index contributed by atoms with van der Waals surface area (Å²) in [7, 11) is 0. The molecule has 1 N–H and O–H groups in total. The smallest absolute Gasteiger partial charge is 0.276 e. The molecule has 0 atom stereocenters. The number of ether oxygens (including phenoxy) is 1. The Morgan fingerprint density at radius 1 is 1.22 bits per heavy atom. The van der Waals surface area contributed by atoms with E-state index < -0.39 is 4.92 Å². The van der Waals surface area contributed by atoms with E-state index in [-0.39, 0.29) is 22.9 Å². The van der Waals surface area contributed by atoms with Crippen LogP contribution in [0, 0.1) is 10.1 Å². The van der Waals surface area contributed by atoms with E-state index in [1.165, 1.54) is 29.3 Å². The number of rotatable bonds is 10. The number of aromatic nitrogens is 2. The lowest BCUT2D eigenvalue weighted by Gasteiger charge is -2.14. The molecular formula is C29H27N5O5S2.